The first-order chi connectivity index (χ1) is 26.9. The van der Waals surface area contributed by atoms with Crippen LogP contribution in [0.4, 0.5) is 4.79 Å². The second-order valence-corrected chi connectivity index (χ2v) is 16.7. The number of hydrogen-bond acceptors (Lipinski definition) is 14. The standard InChI is InChI=1S/C40H63N7O10/c1-12-30-40(8)33(47(38(52)57-40)41-18-15-19-46-28-17-14-13-16-27(28)43-44-46)26(6)35(50)42-22(2)21-39(7,53-11)34(24(4)31(48)25(5)36(51)55-30)56-37-32(49)29(45(9)10)20-23(3)54-37/h13-14,16-17,22-26,29-30,32-34,37,41,49H,12,15,18-21H2,1-11H3,(H,42,50)/t22-,23-,24+,25-,26?,29+,30+,32-,33-,34+,37+,39+,40-/m1/s1. The number of rotatable bonds is 10. The number of esters is 1. The van der Waals surface area contributed by atoms with Crippen molar-refractivity contribution in [3.05, 3.63) is 24.3 Å². The second kappa shape index (κ2) is 18.0. The van der Waals surface area contributed by atoms with Crippen molar-refractivity contribution < 1.29 is 48.0 Å². The largest absolute Gasteiger partial charge is 0.458 e. The number of para-hydroxylation sites is 1. The molecule has 13 atom stereocenters. The Morgan fingerprint density at radius 3 is 2.44 bits per heavy atom. The molecule has 5 rings (SSSR count). The van der Waals surface area contributed by atoms with Crippen molar-refractivity contribution in [3.63, 3.8) is 0 Å². The molecule has 1 aromatic heterocycles. The molecule has 1 aromatic carbocycles. The molecule has 2 amide bonds. The van der Waals surface area contributed by atoms with Gasteiger partial charge < -0.3 is 39.0 Å². The van der Waals surface area contributed by atoms with Gasteiger partial charge in [-0.1, -0.05) is 38.1 Å². The fourth-order valence-corrected chi connectivity index (χ4v) is 8.91. The first-order valence-corrected chi connectivity index (χ1v) is 20.2. The highest BCUT2D eigenvalue weighted by Gasteiger charge is 2.60. The molecule has 0 aliphatic carbocycles. The lowest BCUT2D eigenvalue weighted by Gasteiger charge is -2.46. The van der Waals surface area contributed by atoms with Crippen LogP contribution in [0.5, 0.6) is 0 Å². The second-order valence-electron chi connectivity index (χ2n) is 16.7. The van der Waals surface area contributed by atoms with E-state index in [-0.39, 0.29) is 30.9 Å². The zero-order valence-corrected chi connectivity index (χ0v) is 35.3. The zero-order chi connectivity index (χ0) is 42.0. The highest BCUT2D eigenvalue weighted by Crippen LogP contribution is 2.40. The molecule has 0 radical (unpaired) electrons. The molecule has 0 bridgehead atoms. The van der Waals surface area contributed by atoms with E-state index in [1.165, 1.54) is 19.0 Å². The summed E-state index contributed by atoms with van der Waals surface area (Å²) in [4.78, 5) is 58.2. The van der Waals surface area contributed by atoms with E-state index in [4.69, 9.17) is 23.7 Å². The van der Waals surface area contributed by atoms with E-state index in [0.717, 1.165) is 11.0 Å². The van der Waals surface area contributed by atoms with Crippen LogP contribution in [0.3, 0.4) is 0 Å². The molecular formula is C40H63N7O10. The van der Waals surface area contributed by atoms with Crippen molar-refractivity contribution in [3.8, 4) is 0 Å². The predicted molar refractivity (Wildman–Crippen MR) is 208 cm³/mol. The molecule has 3 N–H and O–H groups in total. The number of carbonyl (C=O) groups is 4. The molecule has 2 aromatic rings. The van der Waals surface area contributed by atoms with Crippen molar-refractivity contribution in [1.82, 2.24) is 35.6 Å². The molecule has 0 saturated carbocycles. The van der Waals surface area contributed by atoms with E-state index in [9.17, 15) is 24.3 Å². The van der Waals surface area contributed by atoms with E-state index in [1.54, 1.807) is 39.3 Å². The molecule has 3 saturated heterocycles. The average Bonchev–Trinajstić information content (AvgIpc) is 3.70. The summed E-state index contributed by atoms with van der Waals surface area (Å²) in [5, 5.41) is 24.3. The number of nitrogens with zero attached hydrogens (tertiary/aromatic N) is 5. The summed E-state index contributed by atoms with van der Waals surface area (Å²) in [6.07, 6.45) is -3.69. The number of hydrazine groups is 1. The molecule has 17 heteroatoms. The average molecular weight is 802 g/mol. The molecule has 318 valence electrons. The summed E-state index contributed by atoms with van der Waals surface area (Å²) in [7, 11) is 5.23. The van der Waals surface area contributed by atoms with E-state index >= 15 is 0 Å². The Morgan fingerprint density at radius 2 is 1.77 bits per heavy atom. The number of ether oxygens (including phenoxy) is 5. The number of cyclic esters (lactones) is 1. The van der Waals surface area contributed by atoms with Crippen molar-refractivity contribution in [2.24, 2.45) is 17.8 Å². The summed E-state index contributed by atoms with van der Waals surface area (Å²) < 4.78 is 32.8. The predicted octanol–water partition coefficient (Wildman–Crippen LogP) is 2.83. The minimum Gasteiger partial charge on any atom is -0.458 e. The Kier molecular flexibility index (Phi) is 14.0. The highest BCUT2D eigenvalue weighted by molar-refractivity contribution is 6.00. The van der Waals surface area contributed by atoms with Crippen molar-refractivity contribution in [1.29, 1.82) is 0 Å². The minimum atomic E-state index is -1.49. The van der Waals surface area contributed by atoms with Crippen LogP contribution in [0.25, 0.3) is 11.0 Å². The van der Waals surface area contributed by atoms with Crippen LogP contribution in [0.2, 0.25) is 0 Å². The smallest absolute Gasteiger partial charge is 0.425 e. The van der Waals surface area contributed by atoms with Gasteiger partial charge in [0, 0.05) is 38.2 Å². The van der Waals surface area contributed by atoms with Gasteiger partial charge in [-0.15, -0.1) is 5.10 Å². The molecule has 3 fully saturated rings. The normalized spacial score (nSPS) is 37.4. The number of amides is 2. The third-order valence-electron chi connectivity index (χ3n) is 12.2. The maximum Gasteiger partial charge on any atom is 0.425 e. The number of aliphatic hydroxyl groups excluding tert-OH is 1. The van der Waals surface area contributed by atoms with Gasteiger partial charge in [-0.2, -0.15) is 0 Å². The maximum atomic E-state index is 14.3. The van der Waals surface area contributed by atoms with Crippen LogP contribution in [0.1, 0.15) is 81.1 Å². The monoisotopic (exact) mass is 801 g/mol. The number of nitrogens with one attached hydrogen (secondary N) is 2. The van der Waals surface area contributed by atoms with Gasteiger partial charge in [-0.3, -0.25) is 14.4 Å². The van der Waals surface area contributed by atoms with Crippen molar-refractivity contribution in [2.75, 3.05) is 27.7 Å². The van der Waals surface area contributed by atoms with Crippen LogP contribution < -0.4 is 10.7 Å². The number of aromatic nitrogens is 3. The van der Waals surface area contributed by atoms with Gasteiger partial charge >= 0.3 is 12.1 Å². The number of benzene rings is 1. The highest BCUT2D eigenvalue weighted by atomic mass is 16.7. The number of aliphatic hydroxyl groups is 1. The molecule has 57 heavy (non-hydrogen) atoms. The van der Waals surface area contributed by atoms with Crippen molar-refractivity contribution in [2.45, 2.75) is 148 Å². The molecule has 0 spiro atoms. The fraction of sp³-hybridized carbons (Fsp3) is 0.750. The lowest BCUT2D eigenvalue weighted by Crippen LogP contribution is -2.61. The SMILES string of the molecule is CC[C@@H]1OC(=O)[C@H](C)C(=O)[C@H](C)[C@H](O[C@@H]2O[C@H](C)C[C@H](N(C)C)[C@H]2O)[C@@](C)(OC)C[C@@H](C)NC(=O)C(C)[C@H]2N(NCCCn3nnc4ccccc43)C(=O)O[C@]12C. The van der Waals surface area contributed by atoms with Crippen LogP contribution in [-0.2, 0) is 44.6 Å². The number of likely N-dealkylation sites (N-methyl/N-ethyl adjacent to an activating group) is 1. The Labute approximate surface area is 335 Å². The summed E-state index contributed by atoms with van der Waals surface area (Å²) in [6.45, 7) is 14.6. The van der Waals surface area contributed by atoms with Gasteiger partial charge in [0.1, 0.15) is 29.7 Å². The third-order valence-corrected chi connectivity index (χ3v) is 12.2. The lowest BCUT2D eigenvalue weighted by molar-refractivity contribution is -0.295. The number of carbonyl (C=O) groups excluding carboxylic acids is 4. The third kappa shape index (κ3) is 9.13. The molecule has 3 aliphatic rings. The van der Waals surface area contributed by atoms with E-state index < -0.39 is 83.5 Å². The molecular weight excluding hydrogens is 738 g/mol. The van der Waals surface area contributed by atoms with Crippen LogP contribution in [0, 0.1) is 17.8 Å². The summed E-state index contributed by atoms with van der Waals surface area (Å²) in [6, 6.07) is 5.89. The van der Waals surface area contributed by atoms with Gasteiger partial charge in [0.2, 0.25) is 5.91 Å². The number of Topliss-reactive ketones (excluding diaryl/α,β-unsaturated/α-hetero) is 1. The van der Waals surface area contributed by atoms with Gasteiger partial charge in [0.15, 0.2) is 17.7 Å². The number of aryl methyl sites for hydroxylation is 1. The Morgan fingerprint density at radius 1 is 1.07 bits per heavy atom. The quantitative estimate of drug-likeness (QED) is 0.180. The number of ketones is 1. The first-order valence-electron chi connectivity index (χ1n) is 20.2. The van der Waals surface area contributed by atoms with Gasteiger partial charge in [0.05, 0.1) is 29.2 Å². The Hall–Kier alpha value is -3.74. The molecule has 17 nitrogen and oxygen atoms in total. The topological polar surface area (TPSA) is 196 Å². The van der Waals surface area contributed by atoms with Crippen LogP contribution in [-0.4, -0.2) is 142 Å². The molecule has 1 unspecified atom stereocenters. The number of hydrogen-bond donors (Lipinski definition) is 3. The number of fused-ring (bicyclic) bond motifs is 2. The van der Waals surface area contributed by atoms with Crippen LogP contribution >= 0.6 is 0 Å². The summed E-state index contributed by atoms with van der Waals surface area (Å²) in [5.74, 6) is -4.75. The Bertz CT molecular complexity index is 1740. The lowest BCUT2D eigenvalue weighted by atomic mass is 9.79. The number of methoxy groups -OCH3 is 1. The van der Waals surface area contributed by atoms with Crippen LogP contribution in [0.15, 0.2) is 24.3 Å². The fourth-order valence-electron chi connectivity index (χ4n) is 8.91. The molecule has 4 heterocycles. The van der Waals surface area contributed by atoms with Crippen molar-refractivity contribution >= 4 is 34.8 Å². The van der Waals surface area contributed by atoms with E-state index in [1.807, 2.05) is 57.1 Å². The first kappa shape index (κ1) is 44.4. The summed E-state index contributed by atoms with van der Waals surface area (Å²) >= 11 is 0. The van der Waals surface area contributed by atoms with Gasteiger partial charge in [0.25, 0.3) is 0 Å². The minimum absolute atomic E-state index is 0.173. The molecule has 3 aliphatic heterocycles. The maximum absolute atomic E-state index is 14.3. The zero-order valence-electron chi connectivity index (χ0n) is 35.3. The van der Waals surface area contributed by atoms with Gasteiger partial charge in [-0.25, -0.2) is 19.9 Å². The Balaban J connectivity index is 1.44. The van der Waals surface area contributed by atoms with E-state index in [2.05, 4.69) is 21.1 Å². The van der Waals surface area contributed by atoms with E-state index in [0.29, 0.717) is 25.9 Å². The summed E-state index contributed by atoms with van der Waals surface area (Å²) in [5.41, 5.74) is 2.12. The van der Waals surface area contributed by atoms with Gasteiger partial charge in [-0.05, 0) is 86.5 Å².